The Labute approximate surface area is 103 Å². The van der Waals surface area contributed by atoms with Gasteiger partial charge in [-0.15, -0.1) is 0 Å². The SMILES string of the molecule is CCCCCCc1ccc(OC(N)=O)c(C)c1. The topological polar surface area (TPSA) is 52.3 Å². The quantitative estimate of drug-likeness (QED) is 0.766. The molecule has 1 rings (SSSR count). The predicted octanol–water partition coefficient (Wildman–Crippen LogP) is 3.58. The summed E-state index contributed by atoms with van der Waals surface area (Å²) in [5, 5.41) is 0. The zero-order chi connectivity index (χ0) is 12.7. The molecule has 2 N–H and O–H groups in total. The molecular weight excluding hydrogens is 214 g/mol. The van der Waals surface area contributed by atoms with E-state index in [0.717, 1.165) is 12.0 Å². The van der Waals surface area contributed by atoms with Crippen LogP contribution in [-0.2, 0) is 6.42 Å². The Morgan fingerprint density at radius 2 is 2.06 bits per heavy atom. The summed E-state index contributed by atoms with van der Waals surface area (Å²) in [6.45, 7) is 4.13. The fourth-order valence-electron chi connectivity index (χ4n) is 1.85. The minimum Gasteiger partial charge on any atom is -0.410 e. The van der Waals surface area contributed by atoms with Gasteiger partial charge in [0, 0.05) is 0 Å². The van der Waals surface area contributed by atoms with Gasteiger partial charge in [-0.2, -0.15) is 0 Å². The second-order valence-electron chi connectivity index (χ2n) is 4.33. The Kier molecular flexibility index (Phi) is 5.53. The zero-order valence-electron chi connectivity index (χ0n) is 10.7. The Balaban J connectivity index is 2.53. The first-order valence-corrected chi connectivity index (χ1v) is 6.20. The Hall–Kier alpha value is -1.51. The van der Waals surface area contributed by atoms with E-state index in [4.69, 9.17) is 10.5 Å². The largest absolute Gasteiger partial charge is 0.410 e. The number of amides is 1. The molecule has 0 aliphatic heterocycles. The van der Waals surface area contributed by atoms with Crippen molar-refractivity contribution in [2.24, 2.45) is 5.73 Å². The van der Waals surface area contributed by atoms with Crippen LogP contribution in [-0.4, -0.2) is 6.09 Å². The molecule has 0 aliphatic carbocycles. The fourth-order valence-corrected chi connectivity index (χ4v) is 1.85. The number of benzene rings is 1. The number of carbonyl (C=O) groups is 1. The molecule has 1 amide bonds. The molecule has 94 valence electrons. The molecule has 0 saturated carbocycles. The molecule has 0 heterocycles. The molecule has 0 spiro atoms. The van der Waals surface area contributed by atoms with E-state index in [1.54, 1.807) is 0 Å². The number of hydrogen-bond acceptors (Lipinski definition) is 2. The second kappa shape index (κ2) is 6.94. The van der Waals surface area contributed by atoms with Crippen LogP contribution < -0.4 is 10.5 Å². The zero-order valence-corrected chi connectivity index (χ0v) is 10.7. The van der Waals surface area contributed by atoms with Crippen molar-refractivity contribution in [3.8, 4) is 5.75 Å². The van der Waals surface area contributed by atoms with Gasteiger partial charge in [-0.25, -0.2) is 4.79 Å². The maximum atomic E-state index is 10.6. The third-order valence-corrected chi connectivity index (χ3v) is 2.77. The number of aryl methyl sites for hydroxylation is 2. The minimum atomic E-state index is -0.760. The smallest absolute Gasteiger partial charge is 0.409 e. The maximum Gasteiger partial charge on any atom is 0.409 e. The highest BCUT2D eigenvalue weighted by atomic mass is 16.5. The summed E-state index contributed by atoms with van der Waals surface area (Å²) in [5.74, 6) is 0.551. The average Bonchev–Trinajstić information content (AvgIpc) is 2.27. The number of rotatable bonds is 6. The fraction of sp³-hybridized carbons (Fsp3) is 0.500. The average molecular weight is 235 g/mol. The van der Waals surface area contributed by atoms with E-state index < -0.39 is 6.09 Å². The lowest BCUT2D eigenvalue weighted by Gasteiger charge is -2.07. The van der Waals surface area contributed by atoms with Crippen molar-refractivity contribution in [1.29, 1.82) is 0 Å². The van der Waals surface area contributed by atoms with Crippen molar-refractivity contribution >= 4 is 6.09 Å². The van der Waals surface area contributed by atoms with E-state index in [1.807, 2.05) is 19.1 Å². The lowest BCUT2D eigenvalue weighted by molar-refractivity contribution is 0.210. The Morgan fingerprint density at radius 3 is 2.65 bits per heavy atom. The summed E-state index contributed by atoms with van der Waals surface area (Å²) < 4.78 is 4.88. The van der Waals surface area contributed by atoms with E-state index in [9.17, 15) is 4.79 Å². The molecule has 1 aromatic carbocycles. The van der Waals surface area contributed by atoms with Crippen molar-refractivity contribution < 1.29 is 9.53 Å². The molecular formula is C14H21NO2. The molecule has 3 heteroatoms. The summed E-state index contributed by atoms with van der Waals surface area (Å²) in [6, 6.07) is 5.87. The summed E-state index contributed by atoms with van der Waals surface area (Å²) in [4.78, 5) is 10.6. The molecule has 0 fully saturated rings. The van der Waals surface area contributed by atoms with Gasteiger partial charge in [0.25, 0.3) is 0 Å². The first-order chi connectivity index (χ1) is 8.13. The van der Waals surface area contributed by atoms with Crippen LogP contribution in [0.25, 0.3) is 0 Å². The summed E-state index contributed by atoms with van der Waals surface area (Å²) in [7, 11) is 0. The number of nitrogens with two attached hydrogens (primary N) is 1. The van der Waals surface area contributed by atoms with Crippen molar-refractivity contribution in [1.82, 2.24) is 0 Å². The standard InChI is InChI=1S/C14H21NO2/c1-3-4-5-6-7-12-8-9-13(11(2)10-12)17-14(15)16/h8-10H,3-7H2,1-2H3,(H2,15,16). The van der Waals surface area contributed by atoms with Gasteiger partial charge in [0.05, 0.1) is 0 Å². The molecule has 0 aliphatic rings. The van der Waals surface area contributed by atoms with E-state index in [0.29, 0.717) is 5.75 Å². The molecule has 0 radical (unpaired) electrons. The van der Waals surface area contributed by atoms with Gasteiger partial charge in [-0.05, 0) is 37.0 Å². The molecule has 0 saturated heterocycles. The van der Waals surface area contributed by atoms with E-state index in [2.05, 4.69) is 13.0 Å². The normalized spacial score (nSPS) is 10.2. The Morgan fingerprint density at radius 1 is 1.29 bits per heavy atom. The third-order valence-electron chi connectivity index (χ3n) is 2.77. The van der Waals surface area contributed by atoms with Gasteiger partial charge in [0.15, 0.2) is 0 Å². The van der Waals surface area contributed by atoms with Crippen LogP contribution in [0.4, 0.5) is 4.79 Å². The van der Waals surface area contributed by atoms with E-state index in [1.165, 1.54) is 31.2 Å². The third kappa shape index (κ3) is 4.89. The van der Waals surface area contributed by atoms with Crippen molar-refractivity contribution in [3.63, 3.8) is 0 Å². The monoisotopic (exact) mass is 235 g/mol. The van der Waals surface area contributed by atoms with E-state index >= 15 is 0 Å². The van der Waals surface area contributed by atoms with E-state index in [-0.39, 0.29) is 0 Å². The van der Waals surface area contributed by atoms with Crippen molar-refractivity contribution in [2.75, 3.05) is 0 Å². The van der Waals surface area contributed by atoms with Crippen LogP contribution in [0.15, 0.2) is 18.2 Å². The molecule has 3 nitrogen and oxygen atoms in total. The summed E-state index contributed by atoms with van der Waals surface area (Å²) >= 11 is 0. The van der Waals surface area contributed by atoms with Gasteiger partial charge in [-0.3, -0.25) is 0 Å². The number of primary amides is 1. The van der Waals surface area contributed by atoms with Gasteiger partial charge < -0.3 is 10.5 Å². The molecule has 0 unspecified atom stereocenters. The molecule has 1 aromatic rings. The molecule has 17 heavy (non-hydrogen) atoms. The van der Waals surface area contributed by atoms with Crippen LogP contribution in [0, 0.1) is 6.92 Å². The van der Waals surface area contributed by atoms with Gasteiger partial charge in [-0.1, -0.05) is 38.3 Å². The molecule has 0 aromatic heterocycles. The number of carbonyl (C=O) groups excluding carboxylic acids is 1. The number of unbranched alkanes of at least 4 members (excludes halogenated alkanes) is 3. The minimum absolute atomic E-state index is 0.551. The van der Waals surface area contributed by atoms with Crippen LogP contribution in [0.2, 0.25) is 0 Å². The Bertz CT molecular complexity index is 374. The van der Waals surface area contributed by atoms with Crippen molar-refractivity contribution in [3.05, 3.63) is 29.3 Å². The van der Waals surface area contributed by atoms with Gasteiger partial charge >= 0.3 is 6.09 Å². The molecule has 0 atom stereocenters. The van der Waals surface area contributed by atoms with Crippen LogP contribution in [0.5, 0.6) is 5.75 Å². The van der Waals surface area contributed by atoms with Gasteiger partial charge in [0.2, 0.25) is 0 Å². The van der Waals surface area contributed by atoms with Gasteiger partial charge in [0.1, 0.15) is 5.75 Å². The highest BCUT2D eigenvalue weighted by Gasteiger charge is 2.04. The summed E-state index contributed by atoms with van der Waals surface area (Å²) in [6.07, 6.45) is 5.35. The van der Waals surface area contributed by atoms with Crippen molar-refractivity contribution in [2.45, 2.75) is 46.0 Å². The first-order valence-electron chi connectivity index (χ1n) is 6.20. The highest BCUT2D eigenvalue weighted by Crippen LogP contribution is 2.20. The lowest BCUT2D eigenvalue weighted by atomic mass is 10.0. The van der Waals surface area contributed by atoms with Crippen LogP contribution >= 0.6 is 0 Å². The number of ether oxygens (including phenoxy) is 1. The summed E-state index contributed by atoms with van der Waals surface area (Å²) in [5.41, 5.74) is 7.23. The maximum absolute atomic E-state index is 10.6. The van der Waals surface area contributed by atoms with Crippen LogP contribution in [0.1, 0.15) is 43.7 Å². The first kappa shape index (κ1) is 13.6. The number of hydrogen-bond donors (Lipinski definition) is 1. The van der Waals surface area contributed by atoms with Crippen LogP contribution in [0.3, 0.4) is 0 Å². The lowest BCUT2D eigenvalue weighted by Crippen LogP contribution is -2.16. The molecule has 0 bridgehead atoms. The second-order valence-corrected chi connectivity index (χ2v) is 4.33. The predicted molar refractivity (Wildman–Crippen MR) is 69.2 cm³/mol. The highest BCUT2D eigenvalue weighted by molar-refractivity contribution is 5.68.